The number of imide groups is 1. The summed E-state index contributed by atoms with van der Waals surface area (Å²) in [4.78, 5) is 62.1. The molecule has 2 aliphatic heterocycles. The summed E-state index contributed by atoms with van der Waals surface area (Å²) in [7, 11) is 0. The number of amides is 3. The maximum absolute atomic E-state index is 12.7. The molecule has 1 aliphatic carbocycles. The average Bonchev–Trinajstić information content (AvgIpc) is 3.14. The highest BCUT2D eigenvalue weighted by Crippen LogP contribution is 2.40. The number of hydrogen-bond donors (Lipinski definition) is 1. The quantitative estimate of drug-likeness (QED) is 0.655. The summed E-state index contributed by atoms with van der Waals surface area (Å²) in [6, 6.07) is 6.21. The van der Waals surface area contributed by atoms with Gasteiger partial charge in [0.05, 0.1) is 29.3 Å². The zero-order chi connectivity index (χ0) is 24.5. The number of fused-ring (bicyclic) bond motifs is 1. The minimum Gasteiger partial charge on any atom is -0.478 e. The van der Waals surface area contributed by atoms with Gasteiger partial charge in [0, 0.05) is 38.4 Å². The van der Waals surface area contributed by atoms with Crippen LogP contribution in [-0.4, -0.2) is 70.0 Å². The van der Waals surface area contributed by atoms with Crippen LogP contribution in [0.25, 0.3) is 0 Å². The van der Waals surface area contributed by atoms with Crippen molar-refractivity contribution in [2.75, 3.05) is 36.0 Å². The molecular weight excluding hydrogens is 454 g/mol. The van der Waals surface area contributed by atoms with Crippen molar-refractivity contribution in [3.63, 3.8) is 0 Å². The summed E-state index contributed by atoms with van der Waals surface area (Å²) in [6.07, 6.45) is 5.56. The normalized spacial score (nSPS) is 22.2. The van der Waals surface area contributed by atoms with E-state index in [2.05, 4.69) is 9.97 Å². The molecule has 5 rings (SSSR count). The van der Waals surface area contributed by atoms with Crippen molar-refractivity contribution in [1.82, 2.24) is 14.9 Å². The fourth-order valence-electron chi connectivity index (χ4n) is 4.95. The van der Waals surface area contributed by atoms with Gasteiger partial charge in [0.25, 0.3) is 0 Å². The summed E-state index contributed by atoms with van der Waals surface area (Å²) in [5.41, 5.74) is 0.510. The van der Waals surface area contributed by atoms with Crippen LogP contribution in [0.3, 0.4) is 0 Å². The van der Waals surface area contributed by atoms with Gasteiger partial charge >= 0.3 is 12.1 Å². The van der Waals surface area contributed by atoms with Crippen molar-refractivity contribution in [3.05, 3.63) is 42.2 Å². The average molecular weight is 479 g/mol. The lowest BCUT2D eigenvalue weighted by Gasteiger charge is -2.34. The Morgan fingerprint density at radius 3 is 2.11 bits per heavy atom. The lowest BCUT2D eigenvalue weighted by atomic mass is 9.81. The molecule has 2 aromatic rings. The number of carbonyl (C=O) groups is 4. The first kappa shape index (κ1) is 22.8. The van der Waals surface area contributed by atoms with E-state index in [1.807, 2.05) is 4.90 Å². The Bertz CT molecular complexity index is 1120. The summed E-state index contributed by atoms with van der Waals surface area (Å²) in [5, 5.41) is 8.99. The number of carboxylic acids is 1. The standard InChI is InChI=1S/C24H25N5O6/c30-21-17-3-1-2-4-18(17)22(31)29(21)16-6-8-20(26-14-16)35-24(34)28-11-9-27(10-12-28)19-7-5-15(13-25-19)23(32)33/h5-8,13-14,17-18H,1-4,9-12H2,(H,32,33). The first-order valence-corrected chi connectivity index (χ1v) is 11.7. The summed E-state index contributed by atoms with van der Waals surface area (Å²) in [5.74, 6) is -1.12. The van der Waals surface area contributed by atoms with E-state index in [1.54, 1.807) is 17.0 Å². The molecule has 0 bridgehead atoms. The molecule has 35 heavy (non-hydrogen) atoms. The molecule has 2 saturated heterocycles. The third kappa shape index (κ3) is 4.41. The highest BCUT2D eigenvalue weighted by Gasteiger charge is 2.48. The molecule has 0 radical (unpaired) electrons. The van der Waals surface area contributed by atoms with Crippen LogP contribution in [0.1, 0.15) is 36.0 Å². The van der Waals surface area contributed by atoms with Gasteiger partial charge in [-0.2, -0.15) is 0 Å². The first-order valence-electron chi connectivity index (χ1n) is 11.7. The molecule has 3 amide bonds. The van der Waals surface area contributed by atoms with Gasteiger partial charge in [-0.1, -0.05) is 12.8 Å². The van der Waals surface area contributed by atoms with Gasteiger partial charge in [-0.3, -0.25) is 9.59 Å². The number of anilines is 2. The lowest BCUT2D eigenvalue weighted by Crippen LogP contribution is -2.49. The maximum atomic E-state index is 12.7. The zero-order valence-corrected chi connectivity index (χ0v) is 19.0. The number of carboxylic acid groups (broad SMARTS) is 1. The van der Waals surface area contributed by atoms with Crippen LogP contribution < -0.4 is 14.5 Å². The number of ether oxygens (including phenoxy) is 1. The van der Waals surface area contributed by atoms with Crippen LogP contribution >= 0.6 is 0 Å². The van der Waals surface area contributed by atoms with Crippen LogP contribution in [0.4, 0.5) is 16.3 Å². The maximum Gasteiger partial charge on any atom is 0.416 e. The van der Waals surface area contributed by atoms with Crippen molar-refractivity contribution < 1.29 is 29.0 Å². The largest absolute Gasteiger partial charge is 0.478 e. The van der Waals surface area contributed by atoms with Gasteiger partial charge in [0.2, 0.25) is 17.7 Å². The zero-order valence-electron chi connectivity index (χ0n) is 19.0. The monoisotopic (exact) mass is 479 g/mol. The number of carbonyl (C=O) groups excluding carboxylic acids is 3. The number of aromatic carboxylic acids is 1. The van der Waals surface area contributed by atoms with Crippen molar-refractivity contribution in [2.24, 2.45) is 11.8 Å². The summed E-state index contributed by atoms with van der Waals surface area (Å²) >= 11 is 0. The van der Waals surface area contributed by atoms with Crippen LogP contribution in [0.15, 0.2) is 36.7 Å². The number of rotatable bonds is 4. The van der Waals surface area contributed by atoms with Crippen molar-refractivity contribution in [3.8, 4) is 5.88 Å². The van der Waals surface area contributed by atoms with E-state index in [9.17, 15) is 19.2 Å². The van der Waals surface area contributed by atoms with E-state index < -0.39 is 12.1 Å². The molecule has 2 atom stereocenters. The van der Waals surface area contributed by atoms with E-state index >= 15 is 0 Å². The first-order chi connectivity index (χ1) is 16.9. The Labute approximate surface area is 201 Å². The molecule has 3 aliphatic rings. The minimum absolute atomic E-state index is 0.0867. The molecular formula is C24H25N5O6. The van der Waals surface area contributed by atoms with Gasteiger partial charge in [-0.15, -0.1) is 0 Å². The summed E-state index contributed by atoms with van der Waals surface area (Å²) in [6.45, 7) is 1.84. The topological polar surface area (TPSA) is 133 Å². The second-order valence-electron chi connectivity index (χ2n) is 8.92. The number of aromatic nitrogens is 2. The molecule has 3 fully saturated rings. The SMILES string of the molecule is O=C(O)c1ccc(N2CCN(C(=O)Oc3ccc(N4C(=O)C5CCCCC5C4=O)cn3)CC2)nc1. The van der Waals surface area contributed by atoms with Gasteiger partial charge in [-0.05, 0) is 31.0 Å². The van der Waals surface area contributed by atoms with Crippen molar-refractivity contribution in [2.45, 2.75) is 25.7 Å². The molecule has 0 spiro atoms. The molecule has 11 heteroatoms. The number of nitrogens with zero attached hydrogens (tertiary/aromatic N) is 5. The van der Waals surface area contributed by atoms with Crippen LogP contribution in [0, 0.1) is 11.8 Å². The Morgan fingerprint density at radius 2 is 1.57 bits per heavy atom. The molecule has 2 aromatic heterocycles. The van der Waals surface area contributed by atoms with Crippen LogP contribution in [0.5, 0.6) is 5.88 Å². The van der Waals surface area contributed by atoms with E-state index in [0.29, 0.717) is 37.7 Å². The van der Waals surface area contributed by atoms with Gasteiger partial charge in [0.1, 0.15) is 5.82 Å². The van der Waals surface area contributed by atoms with E-state index in [0.717, 1.165) is 25.7 Å². The van der Waals surface area contributed by atoms with Gasteiger partial charge in [0.15, 0.2) is 0 Å². The van der Waals surface area contributed by atoms with Crippen LogP contribution in [-0.2, 0) is 9.59 Å². The smallest absolute Gasteiger partial charge is 0.416 e. The van der Waals surface area contributed by atoms with Crippen LogP contribution in [0.2, 0.25) is 0 Å². The van der Waals surface area contributed by atoms with E-state index in [4.69, 9.17) is 9.84 Å². The number of hydrogen-bond acceptors (Lipinski definition) is 8. The summed E-state index contributed by atoms with van der Waals surface area (Å²) < 4.78 is 5.39. The molecule has 2 unspecified atom stereocenters. The third-order valence-corrected chi connectivity index (χ3v) is 6.87. The second-order valence-corrected chi connectivity index (χ2v) is 8.92. The van der Waals surface area contributed by atoms with E-state index in [1.165, 1.54) is 29.4 Å². The molecule has 1 N–H and O–H groups in total. The lowest BCUT2D eigenvalue weighted by molar-refractivity contribution is -0.122. The Balaban J connectivity index is 1.16. The molecule has 4 heterocycles. The van der Waals surface area contributed by atoms with E-state index in [-0.39, 0.29) is 35.1 Å². The van der Waals surface area contributed by atoms with Gasteiger partial charge in [-0.25, -0.2) is 24.5 Å². The number of piperazine rings is 1. The highest BCUT2D eigenvalue weighted by molar-refractivity contribution is 6.22. The predicted octanol–water partition coefficient (Wildman–Crippen LogP) is 2.18. The van der Waals surface area contributed by atoms with Crippen molar-refractivity contribution in [1.29, 1.82) is 0 Å². The Hall–Kier alpha value is -4.02. The molecule has 11 nitrogen and oxygen atoms in total. The highest BCUT2D eigenvalue weighted by atomic mass is 16.6. The van der Waals surface area contributed by atoms with Gasteiger partial charge < -0.3 is 19.6 Å². The van der Waals surface area contributed by atoms with Crippen molar-refractivity contribution >= 4 is 35.4 Å². The minimum atomic E-state index is -1.03. The molecule has 1 saturated carbocycles. The fraction of sp³-hybridized carbons (Fsp3) is 0.417. The third-order valence-electron chi connectivity index (χ3n) is 6.87. The predicted molar refractivity (Wildman–Crippen MR) is 123 cm³/mol. The molecule has 182 valence electrons. The molecule has 0 aromatic carbocycles. The Kier molecular flexibility index (Phi) is 6.06. The second kappa shape index (κ2) is 9.32. The Morgan fingerprint density at radius 1 is 0.886 bits per heavy atom. The number of pyridine rings is 2. The fourth-order valence-corrected chi connectivity index (χ4v) is 4.95.